The first-order valence-electron chi connectivity index (χ1n) is 8.88. The first kappa shape index (κ1) is 19.0. The molecular weight excluding hydrogens is 301 g/mol. The van der Waals surface area contributed by atoms with Crippen molar-refractivity contribution in [2.45, 2.75) is 78.6 Å². The number of benzene rings is 1. The van der Waals surface area contributed by atoms with Gasteiger partial charge in [-0.05, 0) is 65.1 Å². The molecule has 5 heteroatoms. The van der Waals surface area contributed by atoms with Gasteiger partial charge in [-0.1, -0.05) is 25.5 Å². The molecule has 4 nitrogen and oxygen atoms in total. The van der Waals surface area contributed by atoms with Crippen molar-refractivity contribution in [2.24, 2.45) is 0 Å². The van der Waals surface area contributed by atoms with Crippen molar-refractivity contribution in [3.05, 3.63) is 29.3 Å². The molecule has 0 aromatic heterocycles. The lowest BCUT2D eigenvalue weighted by molar-refractivity contribution is 0.00578. The Labute approximate surface area is 146 Å². The first-order valence-corrected chi connectivity index (χ1v) is 8.88. The maximum Gasteiger partial charge on any atom is 0.495 e. The molecule has 1 heterocycles. The zero-order valence-electron chi connectivity index (χ0n) is 16.0. The highest BCUT2D eigenvalue weighted by Crippen LogP contribution is 2.36. The number of hydrogen-bond donors (Lipinski definition) is 1. The van der Waals surface area contributed by atoms with E-state index in [-0.39, 0.29) is 11.9 Å². The predicted octanol–water partition coefficient (Wildman–Crippen LogP) is 3.21. The van der Waals surface area contributed by atoms with Crippen molar-refractivity contribution in [1.82, 2.24) is 5.32 Å². The molecule has 0 radical (unpaired) electrons. The summed E-state index contributed by atoms with van der Waals surface area (Å²) in [5.74, 6) is -0.0403. The summed E-state index contributed by atoms with van der Waals surface area (Å²) in [5, 5.41) is 3.08. The average molecular weight is 331 g/mol. The minimum Gasteiger partial charge on any atom is -0.399 e. The molecule has 1 aliphatic heterocycles. The summed E-state index contributed by atoms with van der Waals surface area (Å²) < 4.78 is 12.3. The summed E-state index contributed by atoms with van der Waals surface area (Å²) in [5.41, 5.74) is 1.85. The van der Waals surface area contributed by atoms with E-state index < -0.39 is 18.3 Å². The average Bonchev–Trinajstić information content (AvgIpc) is 2.73. The molecule has 0 atom stereocenters. The van der Waals surface area contributed by atoms with E-state index in [1.54, 1.807) is 0 Å². The zero-order valence-corrected chi connectivity index (χ0v) is 16.0. The maximum absolute atomic E-state index is 12.5. The van der Waals surface area contributed by atoms with Crippen molar-refractivity contribution in [3.8, 4) is 0 Å². The van der Waals surface area contributed by atoms with E-state index in [0.717, 1.165) is 23.9 Å². The highest BCUT2D eigenvalue weighted by molar-refractivity contribution is 6.62. The molecule has 1 aliphatic rings. The summed E-state index contributed by atoms with van der Waals surface area (Å²) in [6.07, 6.45) is 1.86. The lowest BCUT2D eigenvalue weighted by Gasteiger charge is -2.32. The standard InChI is InChI=1S/C19H30BNO3/c1-8-15(9-2)21-17(22)14-11-10-13(3)16(12-14)20-23-18(4,5)19(6,7)24-20/h10-12,15H,8-9H2,1-7H3,(H,21,22). The molecule has 2 rings (SSSR count). The second-order valence-corrected chi connectivity index (χ2v) is 7.65. The molecule has 0 bridgehead atoms. The molecule has 1 aromatic rings. The molecule has 0 spiro atoms. The van der Waals surface area contributed by atoms with Crippen LogP contribution in [0.1, 0.15) is 70.3 Å². The van der Waals surface area contributed by atoms with E-state index in [0.29, 0.717) is 5.56 Å². The Balaban J connectivity index is 2.25. The van der Waals surface area contributed by atoms with Crippen molar-refractivity contribution in [2.75, 3.05) is 0 Å². The molecule has 1 N–H and O–H groups in total. The van der Waals surface area contributed by atoms with Crippen LogP contribution in [0.4, 0.5) is 0 Å². The monoisotopic (exact) mass is 331 g/mol. The Bertz CT molecular complexity index is 593. The molecule has 1 aromatic carbocycles. The van der Waals surface area contributed by atoms with Crippen LogP contribution in [0, 0.1) is 6.92 Å². The van der Waals surface area contributed by atoms with Gasteiger partial charge in [-0.15, -0.1) is 0 Å². The topological polar surface area (TPSA) is 47.6 Å². The molecule has 24 heavy (non-hydrogen) atoms. The third-order valence-electron chi connectivity index (χ3n) is 5.37. The number of carbonyl (C=O) groups excluding carboxylic acids is 1. The minimum atomic E-state index is -0.448. The Morgan fingerprint density at radius 2 is 1.67 bits per heavy atom. The highest BCUT2D eigenvalue weighted by Gasteiger charge is 2.52. The van der Waals surface area contributed by atoms with Crippen LogP contribution in [-0.2, 0) is 9.31 Å². The molecule has 0 saturated carbocycles. The number of rotatable bonds is 5. The van der Waals surface area contributed by atoms with Gasteiger partial charge in [0.05, 0.1) is 11.2 Å². The fraction of sp³-hybridized carbons (Fsp3) is 0.632. The Morgan fingerprint density at radius 1 is 1.12 bits per heavy atom. The van der Waals surface area contributed by atoms with Gasteiger partial charge in [-0.2, -0.15) is 0 Å². The third-order valence-corrected chi connectivity index (χ3v) is 5.37. The number of carbonyl (C=O) groups is 1. The van der Waals surface area contributed by atoms with E-state index in [4.69, 9.17) is 9.31 Å². The van der Waals surface area contributed by atoms with E-state index in [1.807, 2.05) is 52.8 Å². The van der Waals surface area contributed by atoms with E-state index >= 15 is 0 Å². The lowest BCUT2D eigenvalue weighted by Crippen LogP contribution is -2.41. The Kier molecular flexibility index (Phi) is 5.45. The largest absolute Gasteiger partial charge is 0.495 e. The predicted molar refractivity (Wildman–Crippen MR) is 98.7 cm³/mol. The first-order chi connectivity index (χ1) is 11.1. The van der Waals surface area contributed by atoms with Gasteiger partial charge in [-0.3, -0.25) is 4.79 Å². The summed E-state index contributed by atoms with van der Waals surface area (Å²) in [6, 6.07) is 5.93. The second-order valence-electron chi connectivity index (χ2n) is 7.65. The highest BCUT2D eigenvalue weighted by atomic mass is 16.7. The summed E-state index contributed by atoms with van der Waals surface area (Å²) in [7, 11) is -0.448. The molecular formula is C19H30BNO3. The molecule has 1 saturated heterocycles. The number of amides is 1. The van der Waals surface area contributed by atoms with Crippen LogP contribution in [0.5, 0.6) is 0 Å². The smallest absolute Gasteiger partial charge is 0.399 e. The lowest BCUT2D eigenvalue weighted by atomic mass is 9.75. The van der Waals surface area contributed by atoms with Gasteiger partial charge in [0.2, 0.25) is 0 Å². The fourth-order valence-electron chi connectivity index (χ4n) is 2.77. The molecule has 1 fully saturated rings. The Morgan fingerprint density at radius 3 is 2.17 bits per heavy atom. The van der Waals surface area contributed by atoms with Crippen LogP contribution in [0.25, 0.3) is 0 Å². The summed E-state index contributed by atoms with van der Waals surface area (Å²) >= 11 is 0. The quantitative estimate of drug-likeness (QED) is 0.843. The van der Waals surface area contributed by atoms with Crippen molar-refractivity contribution < 1.29 is 14.1 Å². The molecule has 0 aliphatic carbocycles. The minimum absolute atomic E-state index is 0.0403. The van der Waals surface area contributed by atoms with Crippen LogP contribution in [0.15, 0.2) is 18.2 Å². The van der Waals surface area contributed by atoms with E-state index in [1.165, 1.54) is 0 Å². The maximum atomic E-state index is 12.5. The van der Waals surface area contributed by atoms with Crippen molar-refractivity contribution >= 4 is 18.5 Å². The number of aryl methyl sites for hydroxylation is 1. The van der Waals surface area contributed by atoms with Gasteiger partial charge in [0.15, 0.2) is 0 Å². The Hall–Kier alpha value is -1.33. The van der Waals surface area contributed by atoms with Gasteiger partial charge < -0.3 is 14.6 Å². The van der Waals surface area contributed by atoms with E-state index in [9.17, 15) is 4.79 Å². The van der Waals surface area contributed by atoms with Crippen molar-refractivity contribution in [3.63, 3.8) is 0 Å². The SMILES string of the molecule is CCC(CC)NC(=O)c1ccc(C)c(B2OC(C)(C)C(C)(C)O2)c1. The number of hydrogen-bond acceptors (Lipinski definition) is 3. The molecule has 1 amide bonds. The van der Waals surface area contributed by atoms with Gasteiger partial charge in [0.25, 0.3) is 5.91 Å². The van der Waals surface area contributed by atoms with Crippen LogP contribution < -0.4 is 10.8 Å². The van der Waals surface area contributed by atoms with Crippen LogP contribution in [0.2, 0.25) is 0 Å². The number of nitrogens with one attached hydrogen (secondary N) is 1. The fourth-order valence-corrected chi connectivity index (χ4v) is 2.77. The van der Waals surface area contributed by atoms with Gasteiger partial charge >= 0.3 is 7.12 Å². The second kappa shape index (κ2) is 6.89. The van der Waals surface area contributed by atoms with Crippen molar-refractivity contribution in [1.29, 1.82) is 0 Å². The zero-order chi connectivity index (χ0) is 18.1. The summed E-state index contributed by atoms with van der Waals surface area (Å²) in [4.78, 5) is 12.5. The van der Waals surface area contributed by atoms with Gasteiger partial charge in [-0.25, -0.2) is 0 Å². The molecule has 132 valence electrons. The van der Waals surface area contributed by atoms with Crippen LogP contribution in [-0.4, -0.2) is 30.3 Å². The molecule has 0 unspecified atom stereocenters. The third kappa shape index (κ3) is 3.67. The van der Waals surface area contributed by atoms with E-state index in [2.05, 4.69) is 19.2 Å². The van der Waals surface area contributed by atoms with Gasteiger partial charge in [0, 0.05) is 11.6 Å². The van der Waals surface area contributed by atoms with Crippen LogP contribution in [0.3, 0.4) is 0 Å². The normalized spacial score (nSPS) is 18.9. The van der Waals surface area contributed by atoms with Gasteiger partial charge in [0.1, 0.15) is 0 Å². The summed E-state index contributed by atoms with van der Waals surface area (Å²) in [6.45, 7) is 14.3. The van der Waals surface area contributed by atoms with Crippen LogP contribution >= 0.6 is 0 Å².